The van der Waals surface area contributed by atoms with Gasteiger partial charge in [-0.1, -0.05) is 67.1 Å². The van der Waals surface area contributed by atoms with Crippen molar-refractivity contribution in [3.8, 4) is 10.6 Å². The van der Waals surface area contributed by atoms with Gasteiger partial charge in [-0.15, -0.1) is 11.3 Å². The normalized spacial score (nSPS) is 13.0. The number of hydrogen-bond acceptors (Lipinski definition) is 5. The minimum Gasteiger partial charge on any atom is -0.346 e. The zero-order valence-electron chi connectivity index (χ0n) is 16.9. The summed E-state index contributed by atoms with van der Waals surface area (Å²) in [5, 5.41) is 8.38. The quantitative estimate of drug-likeness (QED) is 0.480. The van der Waals surface area contributed by atoms with Gasteiger partial charge in [0.2, 0.25) is 0 Å². The Balaban J connectivity index is 1.58. The van der Waals surface area contributed by atoms with Crippen molar-refractivity contribution in [3.05, 3.63) is 89.5 Å². The summed E-state index contributed by atoms with van der Waals surface area (Å²) in [6.07, 6.45) is 5.60. The first-order chi connectivity index (χ1) is 14.7. The summed E-state index contributed by atoms with van der Waals surface area (Å²) < 4.78 is 1.81. The van der Waals surface area contributed by atoms with Crippen LogP contribution < -0.4 is 5.32 Å². The number of hydrogen-bond donors (Lipinski definition) is 1. The fourth-order valence-corrected chi connectivity index (χ4v) is 4.26. The first kappa shape index (κ1) is 20.0. The average Bonchev–Trinajstić information content (AvgIpc) is 3.48. The van der Waals surface area contributed by atoms with E-state index in [2.05, 4.69) is 58.5 Å². The van der Waals surface area contributed by atoms with E-state index in [1.54, 1.807) is 17.2 Å². The molecule has 152 valence electrons. The van der Waals surface area contributed by atoms with Crippen molar-refractivity contribution < 1.29 is 4.79 Å². The average molecular weight is 418 g/mol. The molecule has 30 heavy (non-hydrogen) atoms. The van der Waals surface area contributed by atoms with Crippen molar-refractivity contribution in [3.63, 3.8) is 0 Å². The highest BCUT2D eigenvalue weighted by Crippen LogP contribution is 2.27. The maximum absolute atomic E-state index is 13.0. The van der Waals surface area contributed by atoms with Crippen LogP contribution in [-0.4, -0.2) is 31.7 Å². The molecule has 2 unspecified atom stereocenters. The fraction of sp³-hybridized carbons (Fsp3) is 0.217. The molecule has 2 heterocycles. The number of carbonyl (C=O) groups excluding carboxylic acids is 1. The highest BCUT2D eigenvalue weighted by atomic mass is 32.1. The third-order valence-corrected chi connectivity index (χ3v) is 6.07. The largest absolute Gasteiger partial charge is 0.346 e. The Labute approximate surface area is 179 Å². The van der Waals surface area contributed by atoms with E-state index in [1.165, 1.54) is 23.2 Å². The number of aromatic nitrogens is 4. The topological polar surface area (TPSA) is 72.7 Å². The molecule has 7 heteroatoms. The van der Waals surface area contributed by atoms with Gasteiger partial charge < -0.3 is 5.32 Å². The van der Waals surface area contributed by atoms with Gasteiger partial charge in [0.15, 0.2) is 0 Å². The summed E-state index contributed by atoms with van der Waals surface area (Å²) in [6.45, 7) is 4.12. The van der Waals surface area contributed by atoms with Gasteiger partial charge in [0.1, 0.15) is 22.5 Å². The zero-order chi connectivity index (χ0) is 20.9. The van der Waals surface area contributed by atoms with Crippen molar-refractivity contribution in [2.75, 3.05) is 0 Å². The van der Waals surface area contributed by atoms with Crippen LogP contribution in [0.2, 0.25) is 0 Å². The lowest BCUT2D eigenvalue weighted by Crippen LogP contribution is -2.41. The van der Waals surface area contributed by atoms with Gasteiger partial charge in [0, 0.05) is 5.56 Å². The number of carbonyl (C=O) groups is 1. The van der Waals surface area contributed by atoms with E-state index < -0.39 is 0 Å². The van der Waals surface area contributed by atoms with Gasteiger partial charge in [-0.05, 0) is 18.9 Å². The first-order valence-electron chi connectivity index (χ1n) is 9.88. The summed E-state index contributed by atoms with van der Waals surface area (Å²) in [5.74, 6) is -0.126. The molecule has 2 aromatic heterocycles. The van der Waals surface area contributed by atoms with E-state index in [0.717, 1.165) is 22.6 Å². The first-order valence-corrected chi connectivity index (χ1v) is 10.7. The van der Waals surface area contributed by atoms with Crippen LogP contribution in [0.15, 0.2) is 73.4 Å². The SMILES string of the molecule is CCC(NC(=O)c1cnc(-c2ccccc2)s1)C(c1ccc(C)cc1)n1cncn1. The third-order valence-electron chi connectivity index (χ3n) is 5.03. The highest BCUT2D eigenvalue weighted by Gasteiger charge is 2.27. The van der Waals surface area contributed by atoms with Crippen LogP contribution in [0.5, 0.6) is 0 Å². The van der Waals surface area contributed by atoms with Crippen LogP contribution in [0, 0.1) is 6.92 Å². The van der Waals surface area contributed by atoms with Gasteiger partial charge in [0.05, 0.1) is 18.3 Å². The number of nitrogens with zero attached hydrogens (tertiary/aromatic N) is 4. The molecular weight excluding hydrogens is 394 g/mol. The Morgan fingerprint density at radius 3 is 2.57 bits per heavy atom. The molecule has 1 N–H and O–H groups in total. The predicted molar refractivity (Wildman–Crippen MR) is 118 cm³/mol. The van der Waals surface area contributed by atoms with Crippen molar-refractivity contribution in [2.45, 2.75) is 32.4 Å². The van der Waals surface area contributed by atoms with E-state index in [1.807, 2.05) is 30.3 Å². The molecule has 0 radical (unpaired) electrons. The molecule has 1 amide bonds. The van der Waals surface area contributed by atoms with Crippen molar-refractivity contribution >= 4 is 17.2 Å². The van der Waals surface area contributed by atoms with Crippen molar-refractivity contribution in [1.29, 1.82) is 0 Å². The Bertz CT molecular complexity index is 1090. The summed E-state index contributed by atoms with van der Waals surface area (Å²) in [5.41, 5.74) is 3.27. The summed E-state index contributed by atoms with van der Waals surface area (Å²) in [4.78, 5) is 22.2. The minimum atomic E-state index is -0.149. The number of nitrogens with one attached hydrogen (secondary N) is 1. The molecular formula is C23H23N5OS. The number of aryl methyl sites for hydroxylation is 1. The van der Waals surface area contributed by atoms with Gasteiger partial charge in [-0.3, -0.25) is 4.79 Å². The van der Waals surface area contributed by atoms with E-state index in [0.29, 0.717) is 4.88 Å². The monoisotopic (exact) mass is 417 g/mol. The second kappa shape index (κ2) is 9.00. The molecule has 4 rings (SSSR count). The lowest BCUT2D eigenvalue weighted by atomic mass is 9.96. The van der Waals surface area contributed by atoms with E-state index in [-0.39, 0.29) is 18.0 Å². The minimum absolute atomic E-state index is 0.126. The zero-order valence-corrected chi connectivity index (χ0v) is 17.7. The molecule has 0 fully saturated rings. The molecule has 0 bridgehead atoms. The van der Waals surface area contributed by atoms with Gasteiger partial charge in [-0.2, -0.15) is 5.10 Å². The van der Waals surface area contributed by atoms with Gasteiger partial charge >= 0.3 is 0 Å². The van der Waals surface area contributed by atoms with Crippen LogP contribution in [0.25, 0.3) is 10.6 Å². The van der Waals surface area contributed by atoms with Crippen molar-refractivity contribution in [1.82, 2.24) is 25.1 Å². The Morgan fingerprint density at radius 1 is 1.13 bits per heavy atom. The number of thiazole rings is 1. The molecule has 6 nitrogen and oxygen atoms in total. The number of rotatable bonds is 7. The maximum atomic E-state index is 13.0. The van der Waals surface area contributed by atoms with Crippen LogP contribution in [0.3, 0.4) is 0 Å². The molecule has 2 atom stereocenters. The van der Waals surface area contributed by atoms with Crippen LogP contribution in [0.4, 0.5) is 0 Å². The Kier molecular flexibility index (Phi) is 5.99. The Morgan fingerprint density at radius 2 is 1.90 bits per heavy atom. The van der Waals surface area contributed by atoms with Crippen LogP contribution in [-0.2, 0) is 0 Å². The van der Waals surface area contributed by atoms with E-state index in [4.69, 9.17) is 0 Å². The molecule has 0 spiro atoms. The van der Waals surface area contributed by atoms with Crippen molar-refractivity contribution in [2.24, 2.45) is 0 Å². The number of benzene rings is 2. The molecule has 0 aliphatic heterocycles. The fourth-order valence-electron chi connectivity index (χ4n) is 3.43. The maximum Gasteiger partial charge on any atom is 0.263 e. The molecule has 0 saturated carbocycles. The second-order valence-corrected chi connectivity index (χ2v) is 8.15. The van der Waals surface area contributed by atoms with Gasteiger partial charge in [-0.25, -0.2) is 14.6 Å². The smallest absolute Gasteiger partial charge is 0.263 e. The lowest BCUT2D eigenvalue weighted by molar-refractivity contribution is 0.0929. The summed E-state index contributed by atoms with van der Waals surface area (Å²) in [7, 11) is 0. The highest BCUT2D eigenvalue weighted by molar-refractivity contribution is 7.16. The molecule has 2 aromatic carbocycles. The third kappa shape index (κ3) is 4.31. The summed E-state index contributed by atoms with van der Waals surface area (Å²) in [6, 6.07) is 17.9. The van der Waals surface area contributed by atoms with E-state index in [9.17, 15) is 4.79 Å². The second-order valence-electron chi connectivity index (χ2n) is 7.11. The molecule has 0 aliphatic rings. The summed E-state index contributed by atoms with van der Waals surface area (Å²) >= 11 is 1.40. The predicted octanol–water partition coefficient (Wildman–Crippen LogP) is 4.51. The molecule has 0 aliphatic carbocycles. The molecule has 4 aromatic rings. The Hall–Kier alpha value is -3.32. The standard InChI is InChI=1S/C23H23N5OS/c1-3-19(21(28-15-24-14-26-28)17-11-9-16(2)10-12-17)27-22(29)20-13-25-23(30-20)18-7-5-4-6-8-18/h4-15,19,21H,3H2,1-2H3,(H,27,29). The van der Waals surface area contributed by atoms with Gasteiger partial charge in [0.25, 0.3) is 5.91 Å². The van der Waals surface area contributed by atoms with Crippen LogP contribution in [0.1, 0.15) is 40.2 Å². The molecule has 0 saturated heterocycles. The number of amides is 1. The lowest BCUT2D eigenvalue weighted by Gasteiger charge is -2.27. The van der Waals surface area contributed by atoms with E-state index >= 15 is 0 Å². The van der Waals surface area contributed by atoms with Crippen LogP contribution >= 0.6 is 11.3 Å².